The second kappa shape index (κ2) is 10.4. The molecule has 0 amide bonds. The Hall–Kier alpha value is -2.38. The van der Waals surface area contributed by atoms with Gasteiger partial charge in [-0.3, -0.25) is 0 Å². The van der Waals surface area contributed by atoms with Crippen LogP contribution >= 0.6 is 0 Å². The van der Waals surface area contributed by atoms with E-state index in [1.165, 1.54) is 0 Å². The monoisotopic (exact) mass is 337 g/mol. The molecule has 0 aliphatic carbocycles. The third-order valence-electron chi connectivity index (χ3n) is 3.50. The zero-order valence-electron chi connectivity index (χ0n) is 13.5. The zero-order valence-corrected chi connectivity index (χ0v) is 13.5. The summed E-state index contributed by atoms with van der Waals surface area (Å²) in [5, 5.41) is 25.6. The van der Waals surface area contributed by atoms with Gasteiger partial charge in [-0.1, -0.05) is 18.2 Å². The lowest BCUT2D eigenvalue weighted by Gasteiger charge is -2.18. The minimum absolute atomic E-state index is 0.355. The number of hydrogen-bond donors (Lipinski definition) is 3. The molecule has 1 aliphatic heterocycles. The molecule has 24 heavy (non-hydrogen) atoms. The molecule has 0 aromatic heterocycles. The van der Waals surface area contributed by atoms with Crippen LogP contribution in [0.4, 0.5) is 0 Å². The fourth-order valence-electron chi connectivity index (χ4n) is 2.26. The Morgan fingerprint density at radius 2 is 1.83 bits per heavy atom. The highest BCUT2D eigenvalue weighted by Gasteiger charge is 2.26. The first-order valence-electron chi connectivity index (χ1n) is 7.57. The second-order valence-corrected chi connectivity index (χ2v) is 5.51. The predicted molar refractivity (Wildman–Crippen MR) is 88.0 cm³/mol. The van der Waals surface area contributed by atoms with E-state index in [0.717, 1.165) is 25.3 Å². The molecule has 132 valence electrons. The molecule has 1 aliphatic rings. The van der Waals surface area contributed by atoms with E-state index >= 15 is 0 Å². The summed E-state index contributed by atoms with van der Waals surface area (Å²) < 4.78 is 5.55. The maximum absolute atomic E-state index is 9.98. The van der Waals surface area contributed by atoms with E-state index in [2.05, 4.69) is 11.9 Å². The quantitative estimate of drug-likeness (QED) is 0.667. The minimum Gasteiger partial charge on any atom is -0.491 e. The zero-order chi connectivity index (χ0) is 17.9. The van der Waals surface area contributed by atoms with Crippen LogP contribution in [0.2, 0.25) is 0 Å². The third-order valence-corrected chi connectivity index (χ3v) is 3.50. The molecular formula is C17H23NO6. The number of carboxylic acids is 2. The molecule has 7 heteroatoms. The normalized spacial score (nSPS) is 18.7. The summed E-state index contributed by atoms with van der Waals surface area (Å²) in [7, 11) is 2.09. The van der Waals surface area contributed by atoms with Crippen LogP contribution in [0.15, 0.2) is 42.5 Å². The van der Waals surface area contributed by atoms with Crippen LogP contribution < -0.4 is 4.74 Å². The van der Waals surface area contributed by atoms with E-state index in [1.54, 1.807) is 0 Å². The molecule has 2 rings (SSSR count). The van der Waals surface area contributed by atoms with Crippen LogP contribution in [0.5, 0.6) is 5.75 Å². The third kappa shape index (κ3) is 8.30. The molecule has 3 N–H and O–H groups in total. The Labute approximate surface area is 140 Å². The molecule has 7 nitrogen and oxygen atoms in total. The SMILES string of the molecule is CN1CCC(C(O)COc2ccccc2)C1.O=C(O)/C=C\C(=O)O. The number of likely N-dealkylation sites (tertiary alicyclic amines) is 1. The van der Waals surface area contributed by atoms with Gasteiger partial charge in [0.2, 0.25) is 0 Å². The van der Waals surface area contributed by atoms with Crippen LogP contribution in [0.1, 0.15) is 6.42 Å². The van der Waals surface area contributed by atoms with Gasteiger partial charge in [0.15, 0.2) is 0 Å². The second-order valence-electron chi connectivity index (χ2n) is 5.51. The maximum Gasteiger partial charge on any atom is 0.328 e. The highest BCUT2D eigenvalue weighted by Crippen LogP contribution is 2.19. The Balaban J connectivity index is 0.000000307. The van der Waals surface area contributed by atoms with Crippen LogP contribution in [-0.2, 0) is 9.59 Å². The van der Waals surface area contributed by atoms with E-state index in [9.17, 15) is 14.7 Å². The largest absolute Gasteiger partial charge is 0.491 e. The van der Waals surface area contributed by atoms with E-state index in [-0.39, 0.29) is 6.10 Å². The van der Waals surface area contributed by atoms with Crippen LogP contribution in [0.3, 0.4) is 0 Å². The van der Waals surface area contributed by atoms with Crippen molar-refractivity contribution in [3.63, 3.8) is 0 Å². The van der Waals surface area contributed by atoms with Gasteiger partial charge in [-0.05, 0) is 32.1 Å². The molecule has 1 aromatic rings. The van der Waals surface area contributed by atoms with Crippen molar-refractivity contribution in [2.75, 3.05) is 26.7 Å². The van der Waals surface area contributed by atoms with Gasteiger partial charge in [0.05, 0.1) is 6.10 Å². The first-order valence-corrected chi connectivity index (χ1v) is 7.57. The summed E-state index contributed by atoms with van der Waals surface area (Å²) in [5.41, 5.74) is 0. The highest BCUT2D eigenvalue weighted by atomic mass is 16.5. The number of benzene rings is 1. The number of nitrogens with zero attached hydrogens (tertiary/aromatic N) is 1. The highest BCUT2D eigenvalue weighted by molar-refractivity contribution is 5.89. The van der Waals surface area contributed by atoms with Crippen LogP contribution in [0, 0.1) is 5.92 Å². The van der Waals surface area contributed by atoms with Crippen molar-refractivity contribution in [2.24, 2.45) is 5.92 Å². The predicted octanol–water partition coefficient (Wildman–Crippen LogP) is 1.09. The number of aliphatic carboxylic acids is 2. The van der Waals surface area contributed by atoms with Gasteiger partial charge in [-0.15, -0.1) is 0 Å². The van der Waals surface area contributed by atoms with Crippen molar-refractivity contribution in [3.05, 3.63) is 42.5 Å². The standard InChI is InChI=1S/C13H19NO2.C4H4O4/c1-14-8-7-11(9-14)13(15)10-16-12-5-3-2-4-6-12;5-3(6)1-2-4(7)8/h2-6,11,13,15H,7-10H2,1H3;1-2H,(H,5,6)(H,7,8)/b;2-1-. The summed E-state index contributed by atoms with van der Waals surface area (Å²) >= 11 is 0. The molecule has 1 heterocycles. The van der Waals surface area contributed by atoms with Crippen molar-refractivity contribution in [3.8, 4) is 5.75 Å². The number of ether oxygens (including phenoxy) is 1. The fourth-order valence-corrected chi connectivity index (χ4v) is 2.26. The van der Waals surface area contributed by atoms with Gasteiger partial charge < -0.3 is 25.0 Å². The smallest absolute Gasteiger partial charge is 0.328 e. The number of aliphatic hydroxyl groups excluding tert-OH is 1. The molecule has 1 aromatic carbocycles. The summed E-state index contributed by atoms with van der Waals surface area (Å²) in [6.45, 7) is 2.44. The molecule has 2 atom stereocenters. The molecule has 0 radical (unpaired) electrons. The van der Waals surface area contributed by atoms with E-state index in [0.29, 0.717) is 24.7 Å². The molecule has 1 saturated heterocycles. The van der Waals surface area contributed by atoms with E-state index < -0.39 is 11.9 Å². The number of para-hydroxylation sites is 1. The van der Waals surface area contributed by atoms with Crippen LogP contribution in [-0.4, -0.2) is 65.0 Å². The van der Waals surface area contributed by atoms with Gasteiger partial charge in [0.25, 0.3) is 0 Å². The van der Waals surface area contributed by atoms with Gasteiger partial charge in [-0.2, -0.15) is 0 Å². The fraction of sp³-hybridized carbons (Fsp3) is 0.412. The van der Waals surface area contributed by atoms with Crippen LogP contribution in [0.25, 0.3) is 0 Å². The van der Waals surface area contributed by atoms with Gasteiger partial charge in [0, 0.05) is 24.6 Å². The lowest BCUT2D eigenvalue weighted by atomic mass is 10.0. The summed E-state index contributed by atoms with van der Waals surface area (Å²) in [4.78, 5) is 21.4. The van der Waals surface area contributed by atoms with Crippen molar-refractivity contribution in [1.29, 1.82) is 0 Å². The molecule has 0 spiro atoms. The average molecular weight is 337 g/mol. The molecule has 0 bridgehead atoms. The number of carboxylic acid groups (broad SMARTS) is 2. The Morgan fingerprint density at radius 3 is 2.29 bits per heavy atom. The lowest BCUT2D eigenvalue weighted by molar-refractivity contribution is -0.134. The van der Waals surface area contributed by atoms with Gasteiger partial charge >= 0.3 is 11.9 Å². The van der Waals surface area contributed by atoms with Gasteiger partial charge in [-0.25, -0.2) is 9.59 Å². The van der Waals surface area contributed by atoms with Crippen molar-refractivity contribution in [2.45, 2.75) is 12.5 Å². The average Bonchev–Trinajstić information content (AvgIpc) is 2.99. The lowest BCUT2D eigenvalue weighted by Crippen LogP contribution is -2.29. The van der Waals surface area contributed by atoms with Crippen molar-refractivity contribution < 1.29 is 29.6 Å². The van der Waals surface area contributed by atoms with Crippen molar-refractivity contribution >= 4 is 11.9 Å². The molecule has 1 fully saturated rings. The minimum atomic E-state index is -1.26. The molecular weight excluding hydrogens is 314 g/mol. The molecule has 0 saturated carbocycles. The topological polar surface area (TPSA) is 107 Å². The summed E-state index contributed by atoms with van der Waals surface area (Å²) in [6.07, 6.45) is 1.82. The number of aliphatic hydroxyl groups is 1. The Kier molecular flexibility index (Phi) is 8.53. The first-order chi connectivity index (χ1) is 11.4. The number of hydrogen-bond acceptors (Lipinski definition) is 5. The summed E-state index contributed by atoms with van der Waals surface area (Å²) in [6, 6.07) is 9.65. The number of carbonyl (C=O) groups is 2. The number of rotatable bonds is 6. The summed E-state index contributed by atoms with van der Waals surface area (Å²) in [5.74, 6) is -1.33. The maximum atomic E-state index is 9.98. The van der Waals surface area contributed by atoms with Crippen molar-refractivity contribution in [1.82, 2.24) is 4.90 Å². The Morgan fingerprint density at radius 1 is 1.25 bits per heavy atom. The Bertz CT molecular complexity index is 529. The van der Waals surface area contributed by atoms with E-state index in [4.69, 9.17) is 14.9 Å². The van der Waals surface area contributed by atoms with E-state index in [1.807, 2.05) is 30.3 Å². The first kappa shape index (κ1) is 19.7. The molecule has 2 unspecified atom stereocenters. The van der Waals surface area contributed by atoms with Gasteiger partial charge in [0.1, 0.15) is 12.4 Å².